The highest BCUT2D eigenvalue weighted by atomic mass is 16.5. The molecular formula is C18H20N2O2. The van der Waals surface area contributed by atoms with Crippen LogP contribution in [0.5, 0.6) is 5.75 Å². The summed E-state index contributed by atoms with van der Waals surface area (Å²) in [5, 5.41) is 0. The first-order chi connectivity index (χ1) is 10.6. The third-order valence-corrected chi connectivity index (χ3v) is 4.17. The van der Waals surface area contributed by atoms with Crippen molar-refractivity contribution in [2.24, 2.45) is 5.73 Å². The SMILES string of the molecule is Cc1cccc(C)c1CN1CC(C(N)=O)Oc2ccccc21. The predicted octanol–water partition coefficient (Wildman–Crippen LogP) is 2.56. The van der Waals surface area contributed by atoms with Gasteiger partial charge in [0, 0.05) is 6.54 Å². The molecule has 0 saturated carbocycles. The molecule has 3 rings (SSSR count). The second kappa shape index (κ2) is 5.72. The summed E-state index contributed by atoms with van der Waals surface area (Å²) < 4.78 is 5.71. The number of nitrogens with zero attached hydrogens (tertiary/aromatic N) is 1. The highest BCUT2D eigenvalue weighted by Crippen LogP contribution is 2.34. The number of primary amides is 1. The van der Waals surface area contributed by atoms with E-state index in [-0.39, 0.29) is 0 Å². The molecule has 2 aromatic carbocycles. The van der Waals surface area contributed by atoms with Gasteiger partial charge in [-0.05, 0) is 42.7 Å². The van der Waals surface area contributed by atoms with Gasteiger partial charge in [0.1, 0.15) is 5.75 Å². The van der Waals surface area contributed by atoms with E-state index in [1.165, 1.54) is 16.7 Å². The highest BCUT2D eigenvalue weighted by molar-refractivity contribution is 5.81. The molecule has 0 fully saturated rings. The van der Waals surface area contributed by atoms with Crippen LogP contribution in [-0.2, 0) is 11.3 Å². The van der Waals surface area contributed by atoms with Crippen LogP contribution in [0.25, 0.3) is 0 Å². The molecule has 0 aliphatic carbocycles. The van der Waals surface area contributed by atoms with E-state index in [0.717, 1.165) is 12.2 Å². The van der Waals surface area contributed by atoms with E-state index in [2.05, 4.69) is 36.9 Å². The minimum atomic E-state index is -0.612. The first-order valence-electron chi connectivity index (χ1n) is 7.41. The van der Waals surface area contributed by atoms with Gasteiger partial charge in [-0.1, -0.05) is 30.3 Å². The lowest BCUT2D eigenvalue weighted by atomic mass is 10.0. The van der Waals surface area contributed by atoms with Gasteiger partial charge in [-0.2, -0.15) is 0 Å². The highest BCUT2D eigenvalue weighted by Gasteiger charge is 2.29. The molecule has 1 unspecified atom stereocenters. The molecule has 1 aliphatic rings. The van der Waals surface area contributed by atoms with Gasteiger partial charge < -0.3 is 15.4 Å². The maximum absolute atomic E-state index is 11.6. The number of ether oxygens (including phenoxy) is 1. The van der Waals surface area contributed by atoms with Crippen LogP contribution in [0, 0.1) is 13.8 Å². The number of fused-ring (bicyclic) bond motifs is 1. The van der Waals surface area contributed by atoms with Crippen molar-refractivity contribution in [1.29, 1.82) is 0 Å². The van der Waals surface area contributed by atoms with Crippen LogP contribution in [0.3, 0.4) is 0 Å². The molecule has 0 radical (unpaired) electrons. The van der Waals surface area contributed by atoms with Gasteiger partial charge in [0.25, 0.3) is 5.91 Å². The predicted molar refractivity (Wildman–Crippen MR) is 87.0 cm³/mol. The van der Waals surface area contributed by atoms with E-state index in [0.29, 0.717) is 12.3 Å². The third-order valence-electron chi connectivity index (χ3n) is 4.17. The van der Waals surface area contributed by atoms with E-state index in [1.54, 1.807) is 0 Å². The average molecular weight is 296 g/mol. The Morgan fingerprint density at radius 2 is 1.86 bits per heavy atom. The number of nitrogens with two attached hydrogens (primary N) is 1. The summed E-state index contributed by atoms with van der Waals surface area (Å²) in [5.41, 5.74) is 10.2. The van der Waals surface area contributed by atoms with Crippen molar-refractivity contribution < 1.29 is 9.53 Å². The largest absolute Gasteiger partial charge is 0.477 e. The maximum Gasteiger partial charge on any atom is 0.260 e. The number of amides is 1. The van der Waals surface area contributed by atoms with Crippen LogP contribution < -0.4 is 15.4 Å². The number of hydrogen-bond donors (Lipinski definition) is 1. The van der Waals surface area contributed by atoms with E-state index in [9.17, 15) is 4.79 Å². The molecule has 0 bridgehead atoms. The van der Waals surface area contributed by atoms with Gasteiger partial charge in [-0.25, -0.2) is 0 Å². The van der Waals surface area contributed by atoms with Crippen molar-refractivity contribution in [2.75, 3.05) is 11.4 Å². The van der Waals surface area contributed by atoms with E-state index < -0.39 is 12.0 Å². The molecular weight excluding hydrogens is 276 g/mol. The lowest BCUT2D eigenvalue weighted by Gasteiger charge is -2.35. The maximum atomic E-state index is 11.6. The number of hydrogen-bond acceptors (Lipinski definition) is 3. The van der Waals surface area contributed by atoms with E-state index >= 15 is 0 Å². The smallest absolute Gasteiger partial charge is 0.260 e. The molecule has 1 atom stereocenters. The van der Waals surface area contributed by atoms with Crippen LogP contribution >= 0.6 is 0 Å². The summed E-state index contributed by atoms with van der Waals surface area (Å²) in [5.74, 6) is 0.282. The zero-order valence-corrected chi connectivity index (χ0v) is 12.9. The van der Waals surface area contributed by atoms with Gasteiger partial charge in [0.15, 0.2) is 6.10 Å². The van der Waals surface area contributed by atoms with Crippen molar-refractivity contribution in [3.8, 4) is 5.75 Å². The van der Waals surface area contributed by atoms with Gasteiger partial charge in [-0.3, -0.25) is 4.79 Å². The molecule has 0 aromatic heterocycles. The molecule has 1 amide bonds. The Labute approximate surface area is 130 Å². The second-order valence-corrected chi connectivity index (χ2v) is 5.73. The molecule has 114 valence electrons. The van der Waals surface area contributed by atoms with Gasteiger partial charge in [0.2, 0.25) is 0 Å². The molecule has 4 nitrogen and oxygen atoms in total. The molecule has 2 N–H and O–H groups in total. The fraction of sp³-hybridized carbons (Fsp3) is 0.278. The molecule has 0 spiro atoms. The lowest BCUT2D eigenvalue weighted by molar-refractivity contribution is -0.124. The fourth-order valence-electron chi connectivity index (χ4n) is 2.89. The number of carbonyl (C=O) groups excluding carboxylic acids is 1. The monoisotopic (exact) mass is 296 g/mol. The van der Waals surface area contributed by atoms with Crippen LogP contribution in [0.2, 0.25) is 0 Å². The fourth-order valence-corrected chi connectivity index (χ4v) is 2.89. The second-order valence-electron chi connectivity index (χ2n) is 5.73. The van der Waals surface area contributed by atoms with Gasteiger partial charge in [-0.15, -0.1) is 0 Å². The number of para-hydroxylation sites is 2. The lowest BCUT2D eigenvalue weighted by Crippen LogP contribution is -2.47. The van der Waals surface area contributed by atoms with E-state index in [4.69, 9.17) is 10.5 Å². The number of carbonyl (C=O) groups is 1. The molecule has 2 aromatic rings. The summed E-state index contributed by atoms with van der Waals surface area (Å²) in [6.07, 6.45) is -0.612. The van der Waals surface area contributed by atoms with Crippen molar-refractivity contribution in [3.05, 3.63) is 59.2 Å². The standard InChI is InChI=1S/C18H20N2O2/c1-12-6-5-7-13(2)14(12)10-20-11-17(18(19)21)22-16-9-4-3-8-15(16)20/h3-9,17H,10-11H2,1-2H3,(H2,19,21). The zero-order chi connectivity index (χ0) is 15.7. The molecule has 22 heavy (non-hydrogen) atoms. The first-order valence-corrected chi connectivity index (χ1v) is 7.41. The Hall–Kier alpha value is -2.49. The molecule has 1 heterocycles. The molecule has 1 aliphatic heterocycles. The third kappa shape index (κ3) is 2.64. The van der Waals surface area contributed by atoms with E-state index in [1.807, 2.05) is 24.3 Å². The van der Waals surface area contributed by atoms with Gasteiger partial charge in [0.05, 0.1) is 12.2 Å². The van der Waals surface area contributed by atoms with Crippen LogP contribution in [0.4, 0.5) is 5.69 Å². The summed E-state index contributed by atoms with van der Waals surface area (Å²) in [4.78, 5) is 13.7. The Morgan fingerprint density at radius 1 is 1.18 bits per heavy atom. The molecule has 4 heteroatoms. The number of aryl methyl sites for hydroxylation is 2. The first kappa shape index (κ1) is 14.4. The summed E-state index contributed by atoms with van der Waals surface area (Å²) in [7, 11) is 0. The molecule has 0 saturated heterocycles. The summed E-state index contributed by atoms with van der Waals surface area (Å²) >= 11 is 0. The van der Waals surface area contributed by atoms with Crippen molar-refractivity contribution in [1.82, 2.24) is 0 Å². The van der Waals surface area contributed by atoms with Crippen LogP contribution in [-0.4, -0.2) is 18.6 Å². The number of rotatable bonds is 3. The Morgan fingerprint density at radius 3 is 2.55 bits per heavy atom. The topological polar surface area (TPSA) is 55.6 Å². The quantitative estimate of drug-likeness (QED) is 0.947. The minimum Gasteiger partial charge on any atom is -0.477 e. The Bertz CT molecular complexity index is 692. The number of anilines is 1. The number of benzene rings is 2. The normalized spacial score (nSPS) is 16.8. The van der Waals surface area contributed by atoms with Crippen LogP contribution in [0.15, 0.2) is 42.5 Å². The van der Waals surface area contributed by atoms with Crippen molar-refractivity contribution in [2.45, 2.75) is 26.5 Å². The minimum absolute atomic E-state index is 0.430. The summed E-state index contributed by atoms with van der Waals surface area (Å²) in [6, 6.07) is 14.1. The van der Waals surface area contributed by atoms with Crippen LogP contribution in [0.1, 0.15) is 16.7 Å². The Kier molecular flexibility index (Phi) is 3.75. The average Bonchev–Trinajstić information content (AvgIpc) is 2.50. The Balaban J connectivity index is 1.97. The van der Waals surface area contributed by atoms with Gasteiger partial charge >= 0.3 is 0 Å². The van der Waals surface area contributed by atoms with Crippen molar-refractivity contribution >= 4 is 11.6 Å². The van der Waals surface area contributed by atoms with Crippen molar-refractivity contribution in [3.63, 3.8) is 0 Å². The summed E-state index contributed by atoms with van der Waals surface area (Å²) in [6.45, 7) is 5.43. The zero-order valence-electron chi connectivity index (χ0n) is 12.9.